The van der Waals surface area contributed by atoms with Gasteiger partial charge in [0.15, 0.2) is 11.5 Å². The summed E-state index contributed by atoms with van der Waals surface area (Å²) < 4.78 is 10.5. The van der Waals surface area contributed by atoms with E-state index in [0.29, 0.717) is 22.8 Å². The van der Waals surface area contributed by atoms with Crippen LogP contribution >= 0.6 is 0 Å². The summed E-state index contributed by atoms with van der Waals surface area (Å²) in [4.78, 5) is 15.2. The van der Waals surface area contributed by atoms with Gasteiger partial charge in [-0.2, -0.15) is 0 Å². The molecule has 0 atom stereocenters. The predicted molar refractivity (Wildman–Crippen MR) is 69.7 cm³/mol. The van der Waals surface area contributed by atoms with Crippen LogP contribution in [0.15, 0.2) is 36.5 Å². The van der Waals surface area contributed by atoms with Gasteiger partial charge >= 0.3 is 5.97 Å². The van der Waals surface area contributed by atoms with Crippen molar-refractivity contribution >= 4 is 5.97 Å². The number of aromatic nitrogens is 1. The Morgan fingerprint density at radius 3 is 2.63 bits per heavy atom. The van der Waals surface area contributed by atoms with Gasteiger partial charge in [-0.25, -0.2) is 4.79 Å². The number of rotatable bonds is 4. The number of nitrogens with zero attached hydrogens (tertiary/aromatic N) is 1. The lowest BCUT2D eigenvalue weighted by Crippen LogP contribution is -1.99. The molecule has 2 rings (SSSR count). The molecule has 19 heavy (non-hydrogen) atoms. The molecule has 0 saturated carbocycles. The molecule has 2 aromatic rings. The zero-order chi connectivity index (χ0) is 13.8. The van der Waals surface area contributed by atoms with E-state index in [4.69, 9.17) is 14.6 Å². The Hall–Kier alpha value is -2.56. The second-order valence-corrected chi connectivity index (χ2v) is 3.78. The second kappa shape index (κ2) is 5.39. The minimum atomic E-state index is -0.995. The molecule has 0 bridgehead atoms. The summed E-state index contributed by atoms with van der Waals surface area (Å²) in [6.07, 6.45) is 1.46. The highest BCUT2D eigenvalue weighted by molar-refractivity contribution is 5.89. The molecule has 5 heteroatoms. The van der Waals surface area contributed by atoms with Crippen molar-refractivity contribution in [3.63, 3.8) is 0 Å². The van der Waals surface area contributed by atoms with E-state index in [1.54, 1.807) is 25.3 Å². The molecule has 0 saturated heterocycles. The SMILES string of the molecule is COc1cccc(-c2cc(C(=O)O)ccn2)c1OC. The van der Waals surface area contributed by atoms with Crippen LogP contribution in [0.2, 0.25) is 0 Å². The first-order chi connectivity index (χ1) is 9.17. The van der Waals surface area contributed by atoms with Crippen LogP contribution in [0.5, 0.6) is 11.5 Å². The van der Waals surface area contributed by atoms with Gasteiger partial charge in [-0.15, -0.1) is 0 Å². The zero-order valence-corrected chi connectivity index (χ0v) is 10.6. The summed E-state index contributed by atoms with van der Waals surface area (Å²) in [6.45, 7) is 0. The van der Waals surface area contributed by atoms with Gasteiger partial charge in [-0.3, -0.25) is 4.98 Å². The highest BCUT2D eigenvalue weighted by Crippen LogP contribution is 2.36. The van der Waals surface area contributed by atoms with Gasteiger partial charge in [0, 0.05) is 11.8 Å². The van der Waals surface area contributed by atoms with Crippen molar-refractivity contribution in [2.75, 3.05) is 14.2 Å². The number of methoxy groups -OCH3 is 2. The highest BCUT2D eigenvalue weighted by atomic mass is 16.5. The number of carboxylic acids is 1. The third-order valence-electron chi connectivity index (χ3n) is 2.69. The molecular formula is C14H13NO4. The Morgan fingerprint density at radius 2 is 2.00 bits per heavy atom. The fourth-order valence-electron chi connectivity index (χ4n) is 1.80. The van der Waals surface area contributed by atoms with E-state index >= 15 is 0 Å². The summed E-state index contributed by atoms with van der Waals surface area (Å²) in [5.74, 6) is 0.105. The summed E-state index contributed by atoms with van der Waals surface area (Å²) in [5, 5.41) is 9.00. The molecular weight excluding hydrogens is 246 g/mol. The average Bonchev–Trinajstić information content (AvgIpc) is 2.46. The fourth-order valence-corrected chi connectivity index (χ4v) is 1.80. The van der Waals surface area contributed by atoms with Gasteiger partial charge in [0.2, 0.25) is 0 Å². The Balaban J connectivity index is 2.58. The quantitative estimate of drug-likeness (QED) is 0.913. The molecule has 1 aromatic heterocycles. The van der Waals surface area contributed by atoms with E-state index < -0.39 is 5.97 Å². The van der Waals surface area contributed by atoms with Gasteiger partial charge in [0.05, 0.1) is 25.5 Å². The first-order valence-electron chi connectivity index (χ1n) is 5.58. The van der Waals surface area contributed by atoms with Crippen molar-refractivity contribution in [1.29, 1.82) is 0 Å². The molecule has 0 aliphatic carbocycles. The van der Waals surface area contributed by atoms with Crippen LogP contribution in [0.4, 0.5) is 0 Å². The van der Waals surface area contributed by atoms with Crippen molar-refractivity contribution < 1.29 is 19.4 Å². The molecule has 98 valence electrons. The number of benzene rings is 1. The predicted octanol–water partition coefficient (Wildman–Crippen LogP) is 2.46. The van der Waals surface area contributed by atoms with Crippen LogP contribution < -0.4 is 9.47 Å². The summed E-state index contributed by atoms with van der Waals surface area (Å²) in [6, 6.07) is 8.31. The average molecular weight is 259 g/mol. The molecule has 0 fully saturated rings. The lowest BCUT2D eigenvalue weighted by molar-refractivity contribution is 0.0697. The van der Waals surface area contributed by atoms with E-state index in [-0.39, 0.29) is 5.56 Å². The van der Waals surface area contributed by atoms with Gasteiger partial charge in [0.25, 0.3) is 0 Å². The van der Waals surface area contributed by atoms with Crippen LogP contribution in [0, 0.1) is 0 Å². The molecule has 0 amide bonds. The third kappa shape index (κ3) is 2.49. The lowest BCUT2D eigenvalue weighted by atomic mass is 10.1. The van der Waals surface area contributed by atoms with Crippen molar-refractivity contribution in [3.8, 4) is 22.8 Å². The molecule has 0 aliphatic rings. The largest absolute Gasteiger partial charge is 0.493 e. The molecule has 0 unspecified atom stereocenters. The number of pyridine rings is 1. The topological polar surface area (TPSA) is 68.7 Å². The number of para-hydroxylation sites is 1. The number of carboxylic acid groups (broad SMARTS) is 1. The molecule has 1 N–H and O–H groups in total. The maximum Gasteiger partial charge on any atom is 0.335 e. The van der Waals surface area contributed by atoms with Crippen molar-refractivity contribution in [2.45, 2.75) is 0 Å². The van der Waals surface area contributed by atoms with Crippen LogP contribution in [0.25, 0.3) is 11.3 Å². The number of aromatic carboxylic acids is 1. The number of hydrogen-bond acceptors (Lipinski definition) is 4. The minimum absolute atomic E-state index is 0.176. The first kappa shape index (κ1) is 12.9. The Bertz CT molecular complexity index is 610. The number of hydrogen-bond donors (Lipinski definition) is 1. The monoisotopic (exact) mass is 259 g/mol. The normalized spacial score (nSPS) is 10.0. The standard InChI is InChI=1S/C14H13NO4/c1-18-12-5-3-4-10(13(12)19-2)11-8-9(14(16)17)6-7-15-11/h3-8H,1-2H3,(H,16,17). The molecule has 0 radical (unpaired) electrons. The highest BCUT2D eigenvalue weighted by Gasteiger charge is 2.13. The van der Waals surface area contributed by atoms with Gasteiger partial charge in [-0.05, 0) is 24.3 Å². The smallest absolute Gasteiger partial charge is 0.335 e. The molecule has 0 spiro atoms. The summed E-state index contributed by atoms with van der Waals surface area (Å²) in [7, 11) is 3.07. The van der Waals surface area contributed by atoms with Crippen molar-refractivity contribution in [2.24, 2.45) is 0 Å². The Kier molecular flexibility index (Phi) is 3.66. The van der Waals surface area contributed by atoms with E-state index in [1.807, 2.05) is 0 Å². The van der Waals surface area contributed by atoms with Gasteiger partial charge in [-0.1, -0.05) is 6.07 Å². The Labute approximate surface area is 110 Å². The maximum atomic E-state index is 11.0. The molecule has 0 aliphatic heterocycles. The molecule has 5 nitrogen and oxygen atoms in total. The molecule has 1 aromatic carbocycles. The van der Waals surface area contributed by atoms with Crippen LogP contribution in [0.3, 0.4) is 0 Å². The number of carbonyl (C=O) groups is 1. The first-order valence-corrected chi connectivity index (χ1v) is 5.58. The van der Waals surface area contributed by atoms with Crippen LogP contribution in [-0.2, 0) is 0 Å². The van der Waals surface area contributed by atoms with Crippen molar-refractivity contribution in [3.05, 3.63) is 42.1 Å². The second-order valence-electron chi connectivity index (χ2n) is 3.78. The van der Waals surface area contributed by atoms with Gasteiger partial charge < -0.3 is 14.6 Å². The van der Waals surface area contributed by atoms with Crippen molar-refractivity contribution in [1.82, 2.24) is 4.98 Å². The van der Waals surface area contributed by atoms with E-state index in [0.717, 1.165) is 0 Å². The van der Waals surface area contributed by atoms with Gasteiger partial charge in [0.1, 0.15) is 0 Å². The van der Waals surface area contributed by atoms with E-state index in [1.165, 1.54) is 25.4 Å². The lowest BCUT2D eigenvalue weighted by Gasteiger charge is -2.12. The van der Waals surface area contributed by atoms with Crippen LogP contribution in [0.1, 0.15) is 10.4 Å². The maximum absolute atomic E-state index is 11.0. The molecule has 1 heterocycles. The third-order valence-corrected chi connectivity index (χ3v) is 2.69. The summed E-state index contributed by atoms with van der Waals surface area (Å²) >= 11 is 0. The van der Waals surface area contributed by atoms with Crippen LogP contribution in [-0.4, -0.2) is 30.3 Å². The fraction of sp³-hybridized carbons (Fsp3) is 0.143. The Morgan fingerprint density at radius 1 is 1.21 bits per heavy atom. The minimum Gasteiger partial charge on any atom is -0.493 e. The zero-order valence-electron chi connectivity index (χ0n) is 10.6. The summed E-state index contributed by atoms with van der Waals surface area (Å²) in [5.41, 5.74) is 1.38. The number of ether oxygens (including phenoxy) is 2. The van der Waals surface area contributed by atoms with E-state index in [9.17, 15) is 4.79 Å². The van der Waals surface area contributed by atoms with E-state index in [2.05, 4.69) is 4.98 Å².